The molecule has 33 heavy (non-hydrogen) atoms. The molecule has 0 aliphatic heterocycles. The molecule has 1 heterocycles. The second-order valence-corrected chi connectivity index (χ2v) is 8.57. The van der Waals surface area contributed by atoms with Gasteiger partial charge < -0.3 is 15.0 Å². The van der Waals surface area contributed by atoms with Gasteiger partial charge in [0.15, 0.2) is 0 Å². The SMILES string of the molecule is CCn1c(C(C)N(C(=O)Nc2ccc(OC)cc2)C2CCCCC2)nc2ccccc2c1=O. The first kappa shape index (κ1) is 22.8. The fourth-order valence-corrected chi connectivity index (χ4v) is 4.81. The molecule has 2 aromatic carbocycles. The van der Waals surface area contributed by atoms with Gasteiger partial charge >= 0.3 is 6.03 Å². The van der Waals surface area contributed by atoms with Crippen molar-refractivity contribution in [3.05, 3.63) is 64.7 Å². The van der Waals surface area contributed by atoms with E-state index in [2.05, 4.69) is 5.32 Å². The van der Waals surface area contributed by atoms with Crippen molar-refractivity contribution in [3.8, 4) is 5.75 Å². The van der Waals surface area contributed by atoms with Crippen molar-refractivity contribution in [2.75, 3.05) is 12.4 Å². The van der Waals surface area contributed by atoms with E-state index < -0.39 is 0 Å². The summed E-state index contributed by atoms with van der Waals surface area (Å²) in [5.41, 5.74) is 1.30. The van der Waals surface area contributed by atoms with Gasteiger partial charge in [-0.05, 0) is 63.1 Å². The van der Waals surface area contributed by atoms with E-state index in [1.165, 1.54) is 6.42 Å². The molecule has 7 heteroatoms. The molecule has 1 aliphatic carbocycles. The zero-order chi connectivity index (χ0) is 23.4. The molecule has 7 nitrogen and oxygen atoms in total. The van der Waals surface area contributed by atoms with Crippen LogP contribution in [0.2, 0.25) is 0 Å². The molecule has 1 aliphatic rings. The highest BCUT2D eigenvalue weighted by Gasteiger charge is 2.33. The van der Waals surface area contributed by atoms with Gasteiger partial charge in [0.25, 0.3) is 5.56 Å². The Hall–Kier alpha value is -3.35. The third-order valence-corrected chi connectivity index (χ3v) is 6.54. The standard InChI is InChI=1S/C26H32N4O3/c1-4-29-24(28-23-13-9-8-12-22(23)25(29)31)18(2)30(20-10-6-5-7-11-20)26(32)27-19-14-16-21(33-3)17-15-19/h8-9,12-18,20H,4-7,10-11H2,1-3H3,(H,27,32). The summed E-state index contributed by atoms with van der Waals surface area (Å²) in [4.78, 5) is 33.5. The van der Waals surface area contributed by atoms with E-state index in [1.54, 1.807) is 17.7 Å². The van der Waals surface area contributed by atoms with E-state index >= 15 is 0 Å². The summed E-state index contributed by atoms with van der Waals surface area (Å²) in [7, 11) is 1.61. The topological polar surface area (TPSA) is 76.5 Å². The number of hydrogen-bond donors (Lipinski definition) is 1. The van der Waals surface area contributed by atoms with Gasteiger partial charge in [0, 0.05) is 18.3 Å². The van der Waals surface area contributed by atoms with Crippen LogP contribution in [-0.2, 0) is 6.54 Å². The van der Waals surface area contributed by atoms with E-state index in [4.69, 9.17) is 9.72 Å². The van der Waals surface area contributed by atoms with Crippen LogP contribution in [0.5, 0.6) is 5.75 Å². The van der Waals surface area contributed by atoms with Gasteiger partial charge in [-0.2, -0.15) is 0 Å². The molecular formula is C26H32N4O3. The molecule has 1 unspecified atom stereocenters. The van der Waals surface area contributed by atoms with Gasteiger partial charge in [-0.1, -0.05) is 31.4 Å². The summed E-state index contributed by atoms with van der Waals surface area (Å²) in [6.07, 6.45) is 5.27. The monoisotopic (exact) mass is 448 g/mol. The van der Waals surface area contributed by atoms with E-state index in [-0.39, 0.29) is 23.7 Å². The molecule has 3 aromatic rings. The Morgan fingerprint density at radius 2 is 1.85 bits per heavy atom. The fourth-order valence-electron chi connectivity index (χ4n) is 4.81. The van der Waals surface area contributed by atoms with E-state index in [0.29, 0.717) is 29.0 Å². The average Bonchev–Trinajstić information content (AvgIpc) is 2.85. The highest BCUT2D eigenvalue weighted by molar-refractivity contribution is 5.90. The number of aromatic nitrogens is 2. The second-order valence-electron chi connectivity index (χ2n) is 8.57. The van der Waals surface area contributed by atoms with Crippen molar-refractivity contribution in [3.63, 3.8) is 0 Å². The minimum Gasteiger partial charge on any atom is -0.497 e. The van der Waals surface area contributed by atoms with Crippen molar-refractivity contribution < 1.29 is 9.53 Å². The number of ether oxygens (including phenoxy) is 1. The Bertz CT molecular complexity index is 1170. The number of urea groups is 1. The molecule has 0 bridgehead atoms. The summed E-state index contributed by atoms with van der Waals surface area (Å²) in [5.74, 6) is 1.36. The molecule has 0 radical (unpaired) electrons. The molecule has 0 saturated heterocycles. The van der Waals surface area contributed by atoms with Gasteiger partial charge in [0.2, 0.25) is 0 Å². The van der Waals surface area contributed by atoms with Crippen molar-refractivity contribution in [1.29, 1.82) is 0 Å². The number of hydrogen-bond acceptors (Lipinski definition) is 4. The van der Waals surface area contributed by atoms with Gasteiger partial charge in [0.1, 0.15) is 11.6 Å². The van der Waals surface area contributed by atoms with Crippen LogP contribution in [0.3, 0.4) is 0 Å². The predicted molar refractivity (Wildman–Crippen MR) is 131 cm³/mol. The first-order valence-electron chi connectivity index (χ1n) is 11.8. The van der Waals surface area contributed by atoms with E-state index in [0.717, 1.165) is 31.4 Å². The molecule has 0 spiro atoms. The molecule has 4 rings (SSSR count). The zero-order valence-corrected chi connectivity index (χ0v) is 19.6. The summed E-state index contributed by atoms with van der Waals surface area (Å²) >= 11 is 0. The van der Waals surface area contributed by atoms with Crippen molar-refractivity contribution >= 4 is 22.6 Å². The molecule has 1 atom stereocenters. The van der Waals surface area contributed by atoms with Crippen LogP contribution in [0.4, 0.5) is 10.5 Å². The fraction of sp³-hybridized carbons (Fsp3) is 0.423. The van der Waals surface area contributed by atoms with Crippen LogP contribution < -0.4 is 15.6 Å². The minimum atomic E-state index is -0.358. The molecule has 1 saturated carbocycles. The first-order valence-corrected chi connectivity index (χ1v) is 11.8. The molecule has 2 amide bonds. The van der Waals surface area contributed by atoms with Gasteiger partial charge in [-0.15, -0.1) is 0 Å². The molecule has 1 aromatic heterocycles. The van der Waals surface area contributed by atoms with Crippen molar-refractivity contribution in [2.45, 2.75) is 64.6 Å². The van der Waals surface area contributed by atoms with Crippen LogP contribution in [0.1, 0.15) is 57.8 Å². The minimum absolute atomic E-state index is 0.0656. The third kappa shape index (κ3) is 4.72. The Kier molecular flexibility index (Phi) is 6.96. The van der Waals surface area contributed by atoms with Crippen LogP contribution in [-0.4, -0.2) is 33.6 Å². The zero-order valence-electron chi connectivity index (χ0n) is 19.6. The summed E-state index contributed by atoms with van der Waals surface area (Å²) in [6.45, 7) is 4.41. The molecule has 1 N–H and O–H groups in total. The number of para-hydroxylation sites is 1. The first-order chi connectivity index (χ1) is 16.0. The number of carbonyl (C=O) groups is 1. The van der Waals surface area contributed by atoms with Crippen LogP contribution in [0, 0.1) is 0 Å². The number of benzene rings is 2. The lowest BCUT2D eigenvalue weighted by molar-refractivity contribution is 0.134. The Labute approximate surface area is 194 Å². The second kappa shape index (κ2) is 10.1. The quantitative estimate of drug-likeness (QED) is 0.551. The number of nitrogens with zero attached hydrogens (tertiary/aromatic N) is 3. The lowest BCUT2D eigenvalue weighted by Crippen LogP contribution is -2.46. The number of fused-ring (bicyclic) bond motifs is 1. The lowest BCUT2D eigenvalue weighted by Gasteiger charge is -2.38. The maximum absolute atomic E-state index is 13.6. The van der Waals surface area contributed by atoms with E-state index in [9.17, 15) is 9.59 Å². The molecule has 1 fully saturated rings. The number of rotatable bonds is 6. The van der Waals surface area contributed by atoms with Crippen molar-refractivity contribution in [1.82, 2.24) is 14.5 Å². The Balaban J connectivity index is 1.72. The van der Waals surface area contributed by atoms with E-state index in [1.807, 2.05) is 61.2 Å². The van der Waals surface area contributed by atoms with Crippen molar-refractivity contribution in [2.24, 2.45) is 0 Å². The van der Waals surface area contributed by atoms with Gasteiger partial charge in [-0.25, -0.2) is 9.78 Å². The summed E-state index contributed by atoms with van der Waals surface area (Å²) in [5, 5.41) is 3.65. The van der Waals surface area contributed by atoms with Crippen LogP contribution in [0.25, 0.3) is 10.9 Å². The average molecular weight is 449 g/mol. The highest BCUT2D eigenvalue weighted by Crippen LogP contribution is 2.31. The van der Waals surface area contributed by atoms with Gasteiger partial charge in [-0.3, -0.25) is 9.36 Å². The molecular weight excluding hydrogens is 416 g/mol. The normalized spacial score (nSPS) is 15.2. The van der Waals surface area contributed by atoms with Crippen LogP contribution >= 0.6 is 0 Å². The predicted octanol–water partition coefficient (Wildman–Crippen LogP) is 5.35. The number of methoxy groups -OCH3 is 1. The van der Waals surface area contributed by atoms with Gasteiger partial charge in [0.05, 0.1) is 24.1 Å². The molecule has 174 valence electrons. The van der Waals surface area contributed by atoms with Crippen LogP contribution in [0.15, 0.2) is 53.3 Å². The maximum atomic E-state index is 13.6. The number of anilines is 1. The Morgan fingerprint density at radius 1 is 1.15 bits per heavy atom. The number of carbonyl (C=O) groups excluding carboxylic acids is 1. The highest BCUT2D eigenvalue weighted by atomic mass is 16.5. The number of amides is 2. The number of nitrogens with one attached hydrogen (secondary N) is 1. The maximum Gasteiger partial charge on any atom is 0.322 e. The Morgan fingerprint density at radius 3 is 2.52 bits per heavy atom. The summed E-state index contributed by atoms with van der Waals surface area (Å²) < 4.78 is 6.92. The third-order valence-electron chi connectivity index (χ3n) is 6.54. The lowest BCUT2D eigenvalue weighted by atomic mass is 9.93. The summed E-state index contributed by atoms with van der Waals surface area (Å²) in [6, 6.07) is 14.3. The largest absolute Gasteiger partial charge is 0.497 e. The smallest absolute Gasteiger partial charge is 0.322 e.